The zero-order chi connectivity index (χ0) is 15.2. The van der Waals surface area contributed by atoms with E-state index in [0.29, 0.717) is 18.7 Å². The average Bonchev–Trinajstić information content (AvgIpc) is 2.36. The highest BCUT2D eigenvalue weighted by molar-refractivity contribution is 5.68. The van der Waals surface area contributed by atoms with Crippen LogP contribution in [0.4, 0.5) is 4.79 Å². The Morgan fingerprint density at radius 1 is 1.50 bits per heavy atom. The Labute approximate surface area is 119 Å². The molecule has 0 radical (unpaired) electrons. The van der Waals surface area contributed by atoms with Crippen LogP contribution in [0.2, 0.25) is 0 Å². The molecule has 1 unspecified atom stereocenters. The summed E-state index contributed by atoms with van der Waals surface area (Å²) in [6, 6.07) is 3.36. The molecule has 0 aromatic carbocycles. The van der Waals surface area contributed by atoms with E-state index in [2.05, 4.69) is 10.3 Å². The number of pyridine rings is 1. The minimum Gasteiger partial charge on any atom is -0.495 e. The zero-order valence-corrected chi connectivity index (χ0v) is 12.5. The van der Waals surface area contributed by atoms with Gasteiger partial charge in [0, 0.05) is 19.2 Å². The van der Waals surface area contributed by atoms with Gasteiger partial charge in [0.2, 0.25) is 0 Å². The number of nitrogens with zero attached hydrogens (tertiary/aromatic N) is 1. The molecule has 0 spiro atoms. The summed E-state index contributed by atoms with van der Waals surface area (Å²) in [6.07, 6.45) is 1.68. The summed E-state index contributed by atoms with van der Waals surface area (Å²) in [7, 11) is 1.58. The molecule has 0 aliphatic heterocycles. The van der Waals surface area contributed by atoms with Crippen molar-refractivity contribution < 1.29 is 14.3 Å². The van der Waals surface area contributed by atoms with Crippen molar-refractivity contribution in [2.75, 3.05) is 13.7 Å². The van der Waals surface area contributed by atoms with Crippen molar-refractivity contribution in [1.82, 2.24) is 10.3 Å². The normalized spacial score (nSPS) is 12.7. The van der Waals surface area contributed by atoms with E-state index in [1.54, 1.807) is 19.4 Å². The molecular weight excluding hydrogens is 258 g/mol. The summed E-state index contributed by atoms with van der Waals surface area (Å²) in [5.41, 5.74) is 5.90. The van der Waals surface area contributed by atoms with Gasteiger partial charge >= 0.3 is 6.09 Å². The highest BCUT2D eigenvalue weighted by Crippen LogP contribution is 2.16. The zero-order valence-electron chi connectivity index (χ0n) is 12.5. The summed E-state index contributed by atoms with van der Waals surface area (Å²) >= 11 is 0. The topological polar surface area (TPSA) is 86.5 Å². The molecule has 20 heavy (non-hydrogen) atoms. The number of nitrogens with two attached hydrogens (primary N) is 1. The maximum absolute atomic E-state index is 11.7. The third-order valence-corrected chi connectivity index (χ3v) is 2.51. The summed E-state index contributed by atoms with van der Waals surface area (Å²) in [5.74, 6) is 0.678. The van der Waals surface area contributed by atoms with E-state index in [-0.39, 0.29) is 6.04 Å². The van der Waals surface area contributed by atoms with E-state index < -0.39 is 11.7 Å². The number of hydrogen-bond acceptors (Lipinski definition) is 5. The monoisotopic (exact) mass is 281 g/mol. The molecule has 1 atom stereocenters. The van der Waals surface area contributed by atoms with E-state index in [0.717, 1.165) is 5.69 Å². The lowest BCUT2D eigenvalue weighted by molar-refractivity contribution is 0.0505. The first-order valence-corrected chi connectivity index (χ1v) is 6.53. The maximum atomic E-state index is 11.7. The summed E-state index contributed by atoms with van der Waals surface area (Å²) in [4.78, 5) is 16.0. The Hall–Kier alpha value is -1.82. The quantitative estimate of drug-likeness (QED) is 0.853. The lowest BCUT2D eigenvalue weighted by atomic mass is 10.1. The van der Waals surface area contributed by atoms with Crippen LogP contribution < -0.4 is 15.8 Å². The Kier molecular flexibility index (Phi) is 5.76. The molecular formula is C14H23N3O3. The van der Waals surface area contributed by atoms with Crippen LogP contribution >= 0.6 is 0 Å². The minimum absolute atomic E-state index is 0.256. The average molecular weight is 281 g/mol. The molecule has 0 saturated heterocycles. The third-order valence-electron chi connectivity index (χ3n) is 2.51. The number of aromatic nitrogens is 1. The summed E-state index contributed by atoms with van der Waals surface area (Å²) < 4.78 is 10.4. The SMILES string of the molecule is COc1cccnc1CC(CN)NC(=O)OC(C)(C)C. The number of ether oxygens (including phenoxy) is 2. The van der Waals surface area contributed by atoms with Crippen LogP contribution in [-0.2, 0) is 11.2 Å². The summed E-state index contributed by atoms with van der Waals surface area (Å²) in [5, 5.41) is 2.74. The second kappa shape index (κ2) is 7.09. The lowest BCUT2D eigenvalue weighted by Gasteiger charge is -2.23. The van der Waals surface area contributed by atoms with Gasteiger partial charge in [-0.3, -0.25) is 4.98 Å². The van der Waals surface area contributed by atoms with Crippen LogP contribution in [0.1, 0.15) is 26.5 Å². The van der Waals surface area contributed by atoms with E-state index in [1.807, 2.05) is 26.8 Å². The fourth-order valence-corrected chi connectivity index (χ4v) is 1.66. The fraction of sp³-hybridized carbons (Fsp3) is 0.571. The van der Waals surface area contributed by atoms with Gasteiger partial charge in [-0.2, -0.15) is 0 Å². The minimum atomic E-state index is -0.536. The van der Waals surface area contributed by atoms with Crippen molar-refractivity contribution in [3.05, 3.63) is 24.0 Å². The third kappa shape index (κ3) is 5.44. The van der Waals surface area contributed by atoms with E-state index in [9.17, 15) is 4.79 Å². The smallest absolute Gasteiger partial charge is 0.407 e. The molecule has 6 heteroatoms. The van der Waals surface area contributed by atoms with Crippen molar-refractivity contribution in [3.63, 3.8) is 0 Å². The van der Waals surface area contributed by atoms with Crippen LogP contribution in [0.25, 0.3) is 0 Å². The first-order valence-electron chi connectivity index (χ1n) is 6.53. The molecule has 112 valence electrons. The molecule has 0 bridgehead atoms. The van der Waals surface area contributed by atoms with E-state index in [4.69, 9.17) is 15.2 Å². The molecule has 0 fully saturated rings. The van der Waals surface area contributed by atoms with Crippen molar-refractivity contribution in [1.29, 1.82) is 0 Å². The van der Waals surface area contributed by atoms with Crippen LogP contribution in [-0.4, -0.2) is 36.4 Å². The molecule has 0 aliphatic carbocycles. The van der Waals surface area contributed by atoms with Crippen LogP contribution in [0.5, 0.6) is 5.75 Å². The van der Waals surface area contributed by atoms with Gasteiger partial charge in [0.05, 0.1) is 18.8 Å². The number of methoxy groups -OCH3 is 1. The predicted molar refractivity (Wildman–Crippen MR) is 76.7 cm³/mol. The second-order valence-corrected chi connectivity index (χ2v) is 5.44. The van der Waals surface area contributed by atoms with Crippen LogP contribution in [0.3, 0.4) is 0 Å². The van der Waals surface area contributed by atoms with Crippen LogP contribution in [0, 0.1) is 0 Å². The molecule has 0 aliphatic rings. The number of amides is 1. The van der Waals surface area contributed by atoms with Crippen molar-refractivity contribution in [2.24, 2.45) is 5.73 Å². The lowest BCUT2D eigenvalue weighted by Crippen LogP contribution is -2.44. The molecule has 0 saturated carbocycles. The highest BCUT2D eigenvalue weighted by atomic mass is 16.6. The van der Waals surface area contributed by atoms with Gasteiger partial charge in [-0.05, 0) is 32.9 Å². The largest absolute Gasteiger partial charge is 0.495 e. The molecule has 1 rings (SSSR count). The Bertz CT molecular complexity index is 444. The molecule has 1 aromatic rings. The predicted octanol–water partition coefficient (Wildman–Crippen LogP) is 1.48. The molecule has 6 nitrogen and oxygen atoms in total. The number of carbonyl (C=O) groups is 1. The Morgan fingerprint density at radius 3 is 2.75 bits per heavy atom. The molecule has 3 N–H and O–H groups in total. The fourth-order valence-electron chi connectivity index (χ4n) is 1.66. The molecule has 1 amide bonds. The van der Waals surface area contributed by atoms with Crippen LogP contribution in [0.15, 0.2) is 18.3 Å². The number of hydrogen-bond donors (Lipinski definition) is 2. The Morgan fingerprint density at radius 2 is 2.20 bits per heavy atom. The van der Waals surface area contributed by atoms with Gasteiger partial charge in [0.25, 0.3) is 0 Å². The van der Waals surface area contributed by atoms with Gasteiger partial charge in [-0.15, -0.1) is 0 Å². The second-order valence-electron chi connectivity index (χ2n) is 5.44. The maximum Gasteiger partial charge on any atom is 0.407 e. The van der Waals surface area contributed by atoms with Gasteiger partial charge in [-0.1, -0.05) is 0 Å². The number of rotatable bonds is 5. The van der Waals surface area contributed by atoms with Crippen molar-refractivity contribution >= 4 is 6.09 Å². The van der Waals surface area contributed by atoms with Crippen molar-refractivity contribution in [3.8, 4) is 5.75 Å². The number of nitrogens with one attached hydrogen (secondary N) is 1. The van der Waals surface area contributed by atoms with Crippen molar-refractivity contribution in [2.45, 2.75) is 38.8 Å². The first kappa shape index (κ1) is 16.2. The molecule has 1 heterocycles. The number of alkyl carbamates (subject to hydrolysis) is 1. The first-order chi connectivity index (χ1) is 9.35. The van der Waals surface area contributed by atoms with Gasteiger partial charge < -0.3 is 20.5 Å². The van der Waals surface area contributed by atoms with E-state index >= 15 is 0 Å². The van der Waals surface area contributed by atoms with Gasteiger partial charge in [-0.25, -0.2) is 4.79 Å². The number of carbonyl (C=O) groups excluding carboxylic acids is 1. The van der Waals surface area contributed by atoms with Gasteiger partial charge in [0.15, 0.2) is 0 Å². The van der Waals surface area contributed by atoms with E-state index in [1.165, 1.54) is 0 Å². The standard InChI is InChI=1S/C14H23N3O3/c1-14(2,3)20-13(18)17-10(9-15)8-11-12(19-4)6-5-7-16-11/h5-7,10H,8-9,15H2,1-4H3,(H,17,18). The Balaban J connectivity index is 2.65. The van der Waals surface area contributed by atoms with Gasteiger partial charge in [0.1, 0.15) is 11.4 Å². The summed E-state index contributed by atoms with van der Waals surface area (Å²) in [6.45, 7) is 5.72. The highest BCUT2D eigenvalue weighted by Gasteiger charge is 2.20. The molecule has 1 aromatic heterocycles.